The molecule has 1 amide bonds. The molecule has 0 aliphatic rings. The molecule has 6 heteroatoms. The third-order valence-corrected chi connectivity index (χ3v) is 3.26. The normalized spacial score (nSPS) is 11.0. The summed E-state index contributed by atoms with van der Waals surface area (Å²) in [6.45, 7) is 5.55. The van der Waals surface area contributed by atoms with Crippen LogP contribution in [-0.4, -0.2) is 41.5 Å². The van der Waals surface area contributed by atoms with E-state index in [4.69, 9.17) is 0 Å². The van der Waals surface area contributed by atoms with Gasteiger partial charge in [0.25, 0.3) is 0 Å². The predicted molar refractivity (Wildman–Crippen MR) is 74.8 cm³/mol. The first-order chi connectivity index (χ1) is 8.93. The molecule has 104 valence electrons. The van der Waals surface area contributed by atoms with Gasteiger partial charge in [0, 0.05) is 17.5 Å². The Balaban J connectivity index is 2.72. The lowest BCUT2D eigenvalue weighted by atomic mass is 10.3. The lowest BCUT2D eigenvalue weighted by Crippen LogP contribution is -2.40. The Morgan fingerprint density at radius 2 is 2.21 bits per heavy atom. The van der Waals surface area contributed by atoms with Crippen molar-refractivity contribution in [1.82, 2.24) is 9.88 Å². The van der Waals surface area contributed by atoms with Crippen LogP contribution in [0.25, 0.3) is 6.08 Å². The van der Waals surface area contributed by atoms with Crippen molar-refractivity contribution >= 4 is 29.3 Å². The first-order valence-corrected chi connectivity index (χ1v) is 6.79. The van der Waals surface area contributed by atoms with E-state index in [1.807, 2.05) is 26.2 Å². The van der Waals surface area contributed by atoms with Gasteiger partial charge in [0.05, 0.1) is 17.8 Å². The summed E-state index contributed by atoms with van der Waals surface area (Å²) in [7, 11) is 1.30. The number of ether oxygens (including phenoxy) is 1. The Morgan fingerprint density at radius 1 is 1.53 bits per heavy atom. The smallest absolute Gasteiger partial charge is 0.325 e. The number of carbonyl (C=O) groups is 2. The Labute approximate surface area is 116 Å². The average molecular weight is 282 g/mol. The van der Waals surface area contributed by atoms with Crippen LogP contribution in [0.3, 0.4) is 0 Å². The maximum atomic E-state index is 12.0. The molecule has 0 radical (unpaired) electrons. The highest BCUT2D eigenvalue weighted by Gasteiger charge is 2.18. The van der Waals surface area contributed by atoms with Crippen LogP contribution in [-0.2, 0) is 14.3 Å². The zero-order chi connectivity index (χ0) is 14.4. The van der Waals surface area contributed by atoms with Gasteiger partial charge in [-0.15, -0.1) is 11.3 Å². The number of hydrogen-bond donors (Lipinski definition) is 0. The number of esters is 1. The van der Waals surface area contributed by atoms with E-state index in [9.17, 15) is 9.59 Å². The van der Waals surface area contributed by atoms with Crippen molar-refractivity contribution in [2.75, 3.05) is 13.7 Å². The second-order valence-corrected chi connectivity index (χ2v) is 5.32. The van der Waals surface area contributed by atoms with Crippen LogP contribution in [0.2, 0.25) is 0 Å². The molecule has 0 saturated heterocycles. The highest BCUT2D eigenvalue weighted by Crippen LogP contribution is 2.10. The lowest BCUT2D eigenvalue weighted by Gasteiger charge is -2.23. The molecular weight excluding hydrogens is 264 g/mol. The highest BCUT2D eigenvalue weighted by molar-refractivity contribution is 7.09. The largest absolute Gasteiger partial charge is 0.468 e. The standard InChI is InChI=1S/C13H18N2O3S/c1-9(2)15(7-13(17)18-4)12(16)6-5-11-8-19-10(3)14-11/h5-6,8-9H,7H2,1-4H3/b6-5+. The third kappa shape index (κ3) is 4.82. The van der Waals surface area contributed by atoms with Crippen LogP contribution in [0, 0.1) is 6.92 Å². The maximum Gasteiger partial charge on any atom is 0.325 e. The predicted octanol–water partition coefficient (Wildman–Crippen LogP) is 1.87. The van der Waals surface area contributed by atoms with E-state index in [-0.39, 0.29) is 18.5 Å². The van der Waals surface area contributed by atoms with Gasteiger partial charge in [0.1, 0.15) is 6.54 Å². The van der Waals surface area contributed by atoms with Crippen molar-refractivity contribution in [2.24, 2.45) is 0 Å². The zero-order valence-electron chi connectivity index (χ0n) is 11.5. The molecule has 1 aromatic rings. The minimum atomic E-state index is -0.431. The SMILES string of the molecule is COC(=O)CN(C(=O)/C=C/c1csc(C)n1)C(C)C. The molecule has 19 heavy (non-hydrogen) atoms. The first-order valence-electron chi connectivity index (χ1n) is 5.91. The number of rotatable bonds is 5. The van der Waals surface area contributed by atoms with Gasteiger partial charge in [-0.05, 0) is 26.8 Å². The van der Waals surface area contributed by atoms with E-state index in [0.717, 1.165) is 10.7 Å². The fraction of sp³-hybridized carbons (Fsp3) is 0.462. The molecule has 0 saturated carbocycles. The number of hydrogen-bond acceptors (Lipinski definition) is 5. The van der Waals surface area contributed by atoms with Crippen LogP contribution in [0.15, 0.2) is 11.5 Å². The Hall–Kier alpha value is -1.69. The number of thiazole rings is 1. The fourth-order valence-corrected chi connectivity index (χ4v) is 2.01. The van der Waals surface area contributed by atoms with Crippen LogP contribution in [0.5, 0.6) is 0 Å². The first kappa shape index (κ1) is 15.4. The van der Waals surface area contributed by atoms with Gasteiger partial charge in [0.15, 0.2) is 0 Å². The van der Waals surface area contributed by atoms with Crippen molar-refractivity contribution in [3.05, 3.63) is 22.2 Å². The molecule has 5 nitrogen and oxygen atoms in total. The summed E-state index contributed by atoms with van der Waals surface area (Å²) in [5.74, 6) is -0.661. The van der Waals surface area contributed by atoms with E-state index >= 15 is 0 Å². The van der Waals surface area contributed by atoms with Gasteiger partial charge in [-0.25, -0.2) is 4.98 Å². The quantitative estimate of drug-likeness (QED) is 0.611. The van der Waals surface area contributed by atoms with Crippen LogP contribution >= 0.6 is 11.3 Å². The topological polar surface area (TPSA) is 59.5 Å². The number of aromatic nitrogens is 1. The minimum Gasteiger partial charge on any atom is -0.468 e. The molecule has 1 heterocycles. The van der Waals surface area contributed by atoms with Crippen LogP contribution < -0.4 is 0 Å². The monoisotopic (exact) mass is 282 g/mol. The van der Waals surface area contributed by atoms with E-state index in [2.05, 4.69) is 9.72 Å². The van der Waals surface area contributed by atoms with Gasteiger partial charge in [-0.3, -0.25) is 9.59 Å². The van der Waals surface area contributed by atoms with Crippen LogP contribution in [0.1, 0.15) is 24.5 Å². The summed E-state index contributed by atoms with van der Waals surface area (Å²) in [4.78, 5) is 29.0. The summed E-state index contributed by atoms with van der Waals surface area (Å²) in [6, 6.07) is -0.0755. The molecule has 0 atom stereocenters. The summed E-state index contributed by atoms with van der Waals surface area (Å²) in [5, 5.41) is 2.82. The molecule has 1 rings (SSSR count). The van der Waals surface area contributed by atoms with Gasteiger partial charge in [-0.2, -0.15) is 0 Å². The summed E-state index contributed by atoms with van der Waals surface area (Å²) in [5.41, 5.74) is 0.748. The fourth-order valence-electron chi connectivity index (χ4n) is 1.43. The van der Waals surface area contributed by atoms with Gasteiger partial charge < -0.3 is 9.64 Å². The van der Waals surface area contributed by atoms with E-state index in [0.29, 0.717) is 0 Å². The van der Waals surface area contributed by atoms with Gasteiger partial charge in [0.2, 0.25) is 5.91 Å². The Morgan fingerprint density at radius 3 is 2.68 bits per heavy atom. The van der Waals surface area contributed by atoms with E-state index in [1.165, 1.54) is 29.4 Å². The molecular formula is C13H18N2O3S. The zero-order valence-corrected chi connectivity index (χ0v) is 12.4. The van der Waals surface area contributed by atoms with Crippen molar-refractivity contribution < 1.29 is 14.3 Å². The van der Waals surface area contributed by atoms with Crippen molar-refractivity contribution in [3.63, 3.8) is 0 Å². The Kier molecular flexibility index (Phi) is 5.69. The molecule has 1 aromatic heterocycles. The number of amides is 1. The maximum absolute atomic E-state index is 12.0. The molecule has 0 fully saturated rings. The van der Waals surface area contributed by atoms with Gasteiger partial charge >= 0.3 is 5.97 Å². The molecule has 0 unspecified atom stereocenters. The number of nitrogens with zero attached hydrogens (tertiary/aromatic N) is 2. The average Bonchev–Trinajstić information content (AvgIpc) is 2.78. The molecule has 0 spiro atoms. The summed E-state index contributed by atoms with van der Waals surface area (Å²) in [6.07, 6.45) is 3.08. The summed E-state index contributed by atoms with van der Waals surface area (Å²) < 4.78 is 4.58. The second-order valence-electron chi connectivity index (χ2n) is 4.26. The molecule has 0 bridgehead atoms. The lowest BCUT2D eigenvalue weighted by molar-refractivity contribution is -0.146. The third-order valence-electron chi connectivity index (χ3n) is 2.47. The number of methoxy groups -OCH3 is 1. The van der Waals surface area contributed by atoms with Gasteiger partial charge in [-0.1, -0.05) is 0 Å². The molecule has 0 aliphatic carbocycles. The van der Waals surface area contributed by atoms with E-state index < -0.39 is 5.97 Å². The molecule has 0 aliphatic heterocycles. The number of carbonyl (C=O) groups excluding carboxylic acids is 2. The minimum absolute atomic E-state index is 0.0482. The number of aryl methyl sites for hydroxylation is 1. The summed E-state index contributed by atoms with van der Waals surface area (Å²) >= 11 is 1.52. The van der Waals surface area contributed by atoms with Crippen LogP contribution in [0.4, 0.5) is 0 Å². The molecule has 0 N–H and O–H groups in total. The molecule has 0 aromatic carbocycles. The highest BCUT2D eigenvalue weighted by atomic mass is 32.1. The van der Waals surface area contributed by atoms with Crippen molar-refractivity contribution in [2.45, 2.75) is 26.8 Å². The Bertz CT molecular complexity index is 480. The van der Waals surface area contributed by atoms with E-state index in [1.54, 1.807) is 6.08 Å². The second kappa shape index (κ2) is 7.04. The van der Waals surface area contributed by atoms with Crippen molar-refractivity contribution in [1.29, 1.82) is 0 Å². The van der Waals surface area contributed by atoms with Crippen molar-refractivity contribution in [3.8, 4) is 0 Å².